The summed E-state index contributed by atoms with van der Waals surface area (Å²) < 4.78 is 5.55. The molecule has 2 aromatic heterocycles. The molecule has 27 heavy (non-hydrogen) atoms. The number of carbonyl (C=O) groups excluding carboxylic acids is 2. The van der Waals surface area contributed by atoms with Gasteiger partial charge in [-0.3, -0.25) is 9.59 Å². The predicted molar refractivity (Wildman–Crippen MR) is 104 cm³/mol. The maximum atomic E-state index is 12.9. The number of rotatable bonds is 4. The third-order valence-corrected chi connectivity index (χ3v) is 5.12. The predicted octanol–water partition coefficient (Wildman–Crippen LogP) is 4.29. The van der Waals surface area contributed by atoms with Crippen molar-refractivity contribution in [1.82, 2.24) is 5.01 Å². The smallest absolute Gasteiger partial charge is 0.284 e. The number of carbonyl (C=O) groups is 2. The Labute approximate surface area is 160 Å². The van der Waals surface area contributed by atoms with Gasteiger partial charge in [-0.15, -0.1) is 11.3 Å². The molecule has 2 amide bonds. The van der Waals surface area contributed by atoms with Crippen molar-refractivity contribution >= 4 is 34.6 Å². The van der Waals surface area contributed by atoms with Crippen molar-refractivity contribution in [1.29, 1.82) is 0 Å². The van der Waals surface area contributed by atoms with E-state index in [2.05, 4.69) is 10.4 Å². The number of anilines is 1. The lowest BCUT2D eigenvalue weighted by atomic mass is 10.0. The van der Waals surface area contributed by atoms with Crippen LogP contribution in [0.1, 0.15) is 40.4 Å². The average molecular weight is 379 g/mol. The normalized spacial score (nSPS) is 16.3. The molecule has 1 atom stereocenters. The second kappa shape index (κ2) is 7.20. The van der Waals surface area contributed by atoms with E-state index in [0.717, 1.165) is 17.0 Å². The molecule has 0 aliphatic carbocycles. The van der Waals surface area contributed by atoms with Gasteiger partial charge in [-0.25, -0.2) is 5.01 Å². The fourth-order valence-corrected chi connectivity index (χ4v) is 3.69. The summed E-state index contributed by atoms with van der Waals surface area (Å²) in [5, 5.41) is 10.7. The van der Waals surface area contributed by atoms with E-state index in [0.29, 0.717) is 17.1 Å². The Bertz CT molecular complexity index is 976. The van der Waals surface area contributed by atoms with Crippen LogP contribution in [0.2, 0.25) is 0 Å². The highest BCUT2D eigenvalue weighted by Crippen LogP contribution is 2.34. The van der Waals surface area contributed by atoms with Crippen molar-refractivity contribution in [3.63, 3.8) is 0 Å². The molecule has 1 unspecified atom stereocenters. The van der Waals surface area contributed by atoms with Gasteiger partial charge in [0, 0.05) is 19.0 Å². The number of hydrogen-bond donors (Lipinski definition) is 1. The third kappa shape index (κ3) is 3.54. The van der Waals surface area contributed by atoms with Crippen LogP contribution >= 0.6 is 11.3 Å². The zero-order valence-corrected chi connectivity index (χ0v) is 15.4. The second-order valence-electron chi connectivity index (χ2n) is 6.17. The molecule has 3 aromatic rings. The zero-order valence-electron chi connectivity index (χ0n) is 14.6. The summed E-state index contributed by atoms with van der Waals surface area (Å²) in [4.78, 5) is 24.7. The monoisotopic (exact) mass is 379 g/mol. The van der Waals surface area contributed by atoms with E-state index in [1.165, 1.54) is 23.3 Å². The Morgan fingerprint density at radius 2 is 2.00 bits per heavy atom. The Kier molecular flexibility index (Phi) is 4.60. The van der Waals surface area contributed by atoms with Crippen LogP contribution in [0.4, 0.5) is 5.69 Å². The summed E-state index contributed by atoms with van der Waals surface area (Å²) in [7, 11) is 0. The van der Waals surface area contributed by atoms with Crippen LogP contribution in [0, 0.1) is 0 Å². The maximum Gasteiger partial charge on any atom is 0.284 e. The molecule has 0 saturated heterocycles. The van der Waals surface area contributed by atoms with Gasteiger partial charge in [0.1, 0.15) is 11.8 Å². The first-order chi connectivity index (χ1) is 13.1. The van der Waals surface area contributed by atoms with E-state index >= 15 is 0 Å². The fourth-order valence-electron chi connectivity index (χ4n) is 3.04. The van der Waals surface area contributed by atoms with Crippen LogP contribution in [0.5, 0.6) is 0 Å². The molecule has 0 saturated carbocycles. The van der Waals surface area contributed by atoms with E-state index in [9.17, 15) is 9.59 Å². The Hall–Kier alpha value is -3.19. The molecule has 1 N–H and O–H groups in total. The molecule has 1 aliphatic heterocycles. The minimum Gasteiger partial charge on any atom is -0.467 e. The molecule has 1 aromatic carbocycles. The number of furan rings is 1. The molecule has 4 rings (SSSR count). The topological polar surface area (TPSA) is 74.9 Å². The molecule has 0 radical (unpaired) electrons. The molecular formula is C20H17N3O3S. The minimum atomic E-state index is -0.278. The molecule has 0 spiro atoms. The van der Waals surface area contributed by atoms with Crippen LogP contribution < -0.4 is 5.32 Å². The average Bonchev–Trinajstić information content (AvgIpc) is 3.41. The van der Waals surface area contributed by atoms with E-state index in [4.69, 9.17) is 4.42 Å². The van der Waals surface area contributed by atoms with E-state index in [-0.39, 0.29) is 17.9 Å². The summed E-state index contributed by atoms with van der Waals surface area (Å²) in [5.74, 6) is 0.441. The molecule has 0 fully saturated rings. The lowest BCUT2D eigenvalue weighted by Crippen LogP contribution is -2.26. The number of amides is 2. The highest BCUT2D eigenvalue weighted by molar-refractivity contribution is 7.12. The standard InChI is InChI=1S/C20H17N3O3S/c1-13(24)21-15-8-6-14(7-9-15)16-12-17(18-4-2-10-26-18)23(22-16)20(25)19-5-3-11-27-19/h2-11,17H,12H2,1H3,(H,21,24). The van der Waals surface area contributed by atoms with Gasteiger partial charge in [0.15, 0.2) is 0 Å². The molecular weight excluding hydrogens is 362 g/mol. The first kappa shape index (κ1) is 17.2. The van der Waals surface area contributed by atoms with Gasteiger partial charge < -0.3 is 9.73 Å². The van der Waals surface area contributed by atoms with Crippen LogP contribution in [0.15, 0.2) is 69.7 Å². The Morgan fingerprint density at radius 3 is 2.63 bits per heavy atom. The lowest BCUT2D eigenvalue weighted by Gasteiger charge is -2.18. The quantitative estimate of drug-likeness (QED) is 0.735. The van der Waals surface area contributed by atoms with Gasteiger partial charge in [-0.1, -0.05) is 18.2 Å². The van der Waals surface area contributed by atoms with Gasteiger partial charge in [0.05, 0.1) is 16.9 Å². The van der Waals surface area contributed by atoms with Crippen LogP contribution in [-0.2, 0) is 4.79 Å². The third-order valence-electron chi connectivity index (χ3n) is 4.26. The van der Waals surface area contributed by atoms with Crippen LogP contribution in [0.3, 0.4) is 0 Å². The molecule has 6 nitrogen and oxygen atoms in total. The molecule has 7 heteroatoms. The first-order valence-electron chi connectivity index (χ1n) is 8.48. The lowest BCUT2D eigenvalue weighted by molar-refractivity contribution is -0.114. The van der Waals surface area contributed by atoms with E-state index in [1.807, 2.05) is 47.8 Å². The zero-order chi connectivity index (χ0) is 18.8. The van der Waals surface area contributed by atoms with E-state index < -0.39 is 0 Å². The Morgan fingerprint density at radius 1 is 1.19 bits per heavy atom. The summed E-state index contributed by atoms with van der Waals surface area (Å²) >= 11 is 1.39. The highest BCUT2D eigenvalue weighted by Gasteiger charge is 2.35. The van der Waals surface area contributed by atoms with Crippen molar-refractivity contribution in [3.05, 3.63) is 76.4 Å². The van der Waals surface area contributed by atoms with Crippen LogP contribution in [0.25, 0.3) is 0 Å². The van der Waals surface area contributed by atoms with Crippen molar-refractivity contribution in [3.8, 4) is 0 Å². The van der Waals surface area contributed by atoms with Crippen molar-refractivity contribution in [2.24, 2.45) is 5.10 Å². The van der Waals surface area contributed by atoms with Gasteiger partial charge in [0.25, 0.3) is 5.91 Å². The van der Waals surface area contributed by atoms with Crippen molar-refractivity contribution in [2.75, 3.05) is 5.32 Å². The fraction of sp³-hybridized carbons (Fsp3) is 0.150. The summed E-state index contributed by atoms with van der Waals surface area (Å²) in [6.07, 6.45) is 2.16. The minimum absolute atomic E-state index is 0.119. The number of thiophene rings is 1. The SMILES string of the molecule is CC(=O)Nc1ccc(C2=NN(C(=O)c3cccs3)C(c3ccco3)C2)cc1. The van der Waals surface area contributed by atoms with Crippen molar-refractivity contribution in [2.45, 2.75) is 19.4 Å². The maximum absolute atomic E-state index is 12.9. The van der Waals surface area contributed by atoms with Gasteiger partial charge in [0.2, 0.25) is 5.91 Å². The second-order valence-corrected chi connectivity index (χ2v) is 7.12. The number of nitrogens with one attached hydrogen (secondary N) is 1. The summed E-state index contributed by atoms with van der Waals surface area (Å²) in [6, 6.07) is 14.5. The number of nitrogens with zero attached hydrogens (tertiary/aromatic N) is 2. The van der Waals surface area contributed by atoms with Crippen molar-refractivity contribution < 1.29 is 14.0 Å². The van der Waals surface area contributed by atoms with Gasteiger partial charge in [-0.05, 0) is 41.3 Å². The van der Waals surface area contributed by atoms with E-state index in [1.54, 1.807) is 12.3 Å². The number of benzene rings is 1. The number of hydrogen-bond acceptors (Lipinski definition) is 5. The first-order valence-corrected chi connectivity index (χ1v) is 9.36. The highest BCUT2D eigenvalue weighted by atomic mass is 32.1. The summed E-state index contributed by atoms with van der Waals surface area (Å²) in [5.41, 5.74) is 2.43. The number of hydrazone groups is 1. The van der Waals surface area contributed by atoms with Gasteiger partial charge >= 0.3 is 0 Å². The van der Waals surface area contributed by atoms with Crippen LogP contribution in [-0.4, -0.2) is 22.5 Å². The molecule has 3 heterocycles. The summed E-state index contributed by atoms with van der Waals surface area (Å²) in [6.45, 7) is 1.47. The Balaban J connectivity index is 1.64. The van der Waals surface area contributed by atoms with Gasteiger partial charge in [-0.2, -0.15) is 5.10 Å². The molecule has 0 bridgehead atoms. The molecule has 136 valence electrons. The molecule has 1 aliphatic rings. The largest absolute Gasteiger partial charge is 0.467 e.